The molecule has 8 rings (SSSR count). The van der Waals surface area contributed by atoms with E-state index in [1.54, 1.807) is 12.1 Å². The van der Waals surface area contributed by atoms with Crippen molar-refractivity contribution >= 4 is 43.9 Å². The molecule has 0 N–H and O–H groups in total. The van der Waals surface area contributed by atoms with Gasteiger partial charge in [0.05, 0.1) is 34.9 Å². The van der Waals surface area contributed by atoms with E-state index in [1.165, 1.54) is 0 Å². The van der Waals surface area contributed by atoms with Gasteiger partial charge in [0.15, 0.2) is 0 Å². The van der Waals surface area contributed by atoms with Crippen LogP contribution in [-0.2, 0) is 0 Å². The van der Waals surface area contributed by atoms with Crippen LogP contribution in [0.3, 0.4) is 0 Å². The molecular weight excluding hydrogens is 542 g/mol. The second kappa shape index (κ2) is 9.74. The Bertz CT molecular complexity index is 2600. The Kier molecular flexibility index (Phi) is 5.56. The quantitative estimate of drug-likeness (QED) is 0.214. The number of furan rings is 2. The van der Waals surface area contributed by atoms with E-state index < -0.39 is 0 Å². The highest BCUT2D eigenvalue weighted by Crippen LogP contribution is 2.44. The highest BCUT2D eigenvalue weighted by molar-refractivity contribution is 6.10. The zero-order valence-corrected chi connectivity index (χ0v) is 23.1. The van der Waals surface area contributed by atoms with Crippen molar-refractivity contribution < 1.29 is 8.83 Å². The van der Waals surface area contributed by atoms with Crippen molar-refractivity contribution in [2.75, 3.05) is 0 Å². The Balaban J connectivity index is 1.44. The summed E-state index contributed by atoms with van der Waals surface area (Å²) in [4.78, 5) is 0. The van der Waals surface area contributed by atoms with Gasteiger partial charge in [-0.1, -0.05) is 48.5 Å². The van der Waals surface area contributed by atoms with Crippen molar-refractivity contribution in [2.24, 2.45) is 0 Å². The van der Waals surface area contributed by atoms with Crippen LogP contribution >= 0.6 is 0 Å². The van der Waals surface area contributed by atoms with E-state index in [4.69, 9.17) is 8.83 Å². The van der Waals surface area contributed by atoms with E-state index in [0.29, 0.717) is 22.3 Å². The maximum atomic E-state index is 10.0. The first kappa shape index (κ1) is 25.1. The van der Waals surface area contributed by atoms with Gasteiger partial charge in [0.25, 0.3) is 0 Å². The second-order valence-corrected chi connectivity index (χ2v) is 10.7. The molecule has 8 aromatic rings. The van der Waals surface area contributed by atoms with Crippen LogP contribution < -0.4 is 0 Å². The van der Waals surface area contributed by atoms with Gasteiger partial charge in [-0.05, 0) is 94.5 Å². The van der Waals surface area contributed by atoms with Gasteiger partial charge in [-0.25, -0.2) is 0 Å². The summed E-state index contributed by atoms with van der Waals surface area (Å²) >= 11 is 0. The standard InChI is InChI=1S/C39H19N3O2/c40-20-23-8-12-35-31(16-23)33-18-25(10-14-37(33)43-35)29-6-3-7-30(28-5-2-1-4-27(28)22-42)39(29)26-11-15-38-34(19-26)32-17-24(21-41)9-13-36(32)44-38/h1-19H. The van der Waals surface area contributed by atoms with Gasteiger partial charge in [-0.2, -0.15) is 15.8 Å². The molecule has 44 heavy (non-hydrogen) atoms. The molecule has 0 unspecified atom stereocenters. The summed E-state index contributed by atoms with van der Waals surface area (Å²) in [7, 11) is 0. The maximum absolute atomic E-state index is 10.0. The fraction of sp³-hybridized carbons (Fsp3) is 0. The van der Waals surface area contributed by atoms with Crippen molar-refractivity contribution in [2.45, 2.75) is 0 Å². The molecular formula is C39H19N3O2. The largest absolute Gasteiger partial charge is 0.456 e. The summed E-state index contributed by atoms with van der Waals surface area (Å²) in [6.07, 6.45) is 0. The van der Waals surface area contributed by atoms with Gasteiger partial charge < -0.3 is 8.83 Å². The monoisotopic (exact) mass is 561 g/mol. The molecule has 0 radical (unpaired) electrons. The van der Waals surface area contributed by atoms with Gasteiger partial charge in [-0.3, -0.25) is 0 Å². The highest BCUT2D eigenvalue weighted by Gasteiger charge is 2.19. The van der Waals surface area contributed by atoms with Crippen LogP contribution in [0.2, 0.25) is 0 Å². The average molecular weight is 562 g/mol. The minimum absolute atomic E-state index is 0.565. The van der Waals surface area contributed by atoms with Crippen molar-refractivity contribution in [3.63, 3.8) is 0 Å². The van der Waals surface area contributed by atoms with E-state index >= 15 is 0 Å². The zero-order valence-electron chi connectivity index (χ0n) is 23.1. The van der Waals surface area contributed by atoms with Crippen molar-refractivity contribution in [3.05, 3.63) is 132 Å². The number of nitrogens with zero attached hydrogens (tertiary/aromatic N) is 3. The predicted molar refractivity (Wildman–Crippen MR) is 171 cm³/mol. The van der Waals surface area contributed by atoms with Crippen LogP contribution in [0, 0.1) is 34.0 Å². The molecule has 6 aromatic carbocycles. The fourth-order valence-electron chi connectivity index (χ4n) is 6.16. The summed E-state index contributed by atoms with van der Waals surface area (Å²) in [5.41, 5.74) is 10.3. The predicted octanol–water partition coefficient (Wildman–Crippen LogP) is 10.1. The fourth-order valence-corrected chi connectivity index (χ4v) is 6.16. The molecule has 0 fully saturated rings. The Hall–Kier alpha value is -6.61. The SMILES string of the molecule is N#Cc1ccc2oc3ccc(-c4cccc(-c5ccccc5C#N)c4-c4ccc5oc6ccc(C#N)cc6c5c4)cc3c2c1. The Morgan fingerprint density at radius 1 is 0.409 bits per heavy atom. The van der Waals surface area contributed by atoms with Crippen LogP contribution in [0.4, 0.5) is 0 Å². The molecule has 2 aromatic heterocycles. The molecule has 0 aliphatic rings. The lowest BCUT2D eigenvalue weighted by Gasteiger charge is -2.17. The topological polar surface area (TPSA) is 97.7 Å². The van der Waals surface area contributed by atoms with E-state index in [0.717, 1.165) is 71.7 Å². The summed E-state index contributed by atoms with van der Waals surface area (Å²) in [6.45, 7) is 0. The molecule has 2 heterocycles. The number of fused-ring (bicyclic) bond motifs is 6. The van der Waals surface area contributed by atoms with Crippen LogP contribution in [0.25, 0.3) is 77.3 Å². The number of hydrogen-bond acceptors (Lipinski definition) is 5. The third-order valence-electron chi connectivity index (χ3n) is 8.20. The van der Waals surface area contributed by atoms with E-state index in [1.807, 2.05) is 84.9 Å². The second-order valence-electron chi connectivity index (χ2n) is 10.7. The van der Waals surface area contributed by atoms with E-state index in [9.17, 15) is 15.8 Å². The van der Waals surface area contributed by atoms with Crippen LogP contribution in [-0.4, -0.2) is 0 Å². The average Bonchev–Trinajstić information content (AvgIpc) is 3.64. The zero-order chi connectivity index (χ0) is 29.8. The number of benzene rings is 6. The van der Waals surface area contributed by atoms with Gasteiger partial charge in [-0.15, -0.1) is 0 Å². The van der Waals surface area contributed by atoms with Gasteiger partial charge >= 0.3 is 0 Å². The van der Waals surface area contributed by atoms with Crippen molar-refractivity contribution in [3.8, 4) is 51.6 Å². The molecule has 0 aliphatic heterocycles. The Labute approximate surface area is 251 Å². The summed E-state index contributed by atoms with van der Waals surface area (Å²) < 4.78 is 12.2. The van der Waals surface area contributed by atoms with Crippen LogP contribution in [0.15, 0.2) is 124 Å². The molecule has 0 amide bonds. The lowest BCUT2D eigenvalue weighted by molar-refractivity contribution is 0.668. The number of nitriles is 3. The van der Waals surface area contributed by atoms with Crippen LogP contribution in [0.1, 0.15) is 16.7 Å². The number of hydrogen-bond donors (Lipinski definition) is 0. The molecule has 0 aliphatic carbocycles. The first-order chi connectivity index (χ1) is 21.6. The Morgan fingerprint density at radius 3 is 1.52 bits per heavy atom. The lowest BCUT2D eigenvalue weighted by atomic mass is 9.85. The molecule has 0 saturated heterocycles. The van der Waals surface area contributed by atoms with Crippen LogP contribution in [0.5, 0.6) is 0 Å². The van der Waals surface area contributed by atoms with E-state index in [2.05, 4.69) is 36.4 Å². The lowest BCUT2D eigenvalue weighted by Crippen LogP contribution is -1.92. The summed E-state index contributed by atoms with van der Waals surface area (Å²) in [5.74, 6) is 0. The molecule has 0 saturated carbocycles. The summed E-state index contributed by atoms with van der Waals surface area (Å²) in [6, 6.07) is 43.7. The highest BCUT2D eigenvalue weighted by atomic mass is 16.3. The molecule has 5 nitrogen and oxygen atoms in total. The molecule has 202 valence electrons. The van der Waals surface area contributed by atoms with Gasteiger partial charge in [0.2, 0.25) is 0 Å². The van der Waals surface area contributed by atoms with Crippen molar-refractivity contribution in [1.29, 1.82) is 15.8 Å². The van der Waals surface area contributed by atoms with Crippen molar-refractivity contribution in [1.82, 2.24) is 0 Å². The molecule has 5 heteroatoms. The third kappa shape index (κ3) is 3.84. The van der Waals surface area contributed by atoms with Gasteiger partial charge in [0, 0.05) is 27.1 Å². The minimum atomic E-state index is 0.565. The van der Waals surface area contributed by atoms with E-state index in [-0.39, 0.29) is 0 Å². The first-order valence-corrected chi connectivity index (χ1v) is 14.0. The molecule has 0 bridgehead atoms. The maximum Gasteiger partial charge on any atom is 0.135 e. The third-order valence-corrected chi connectivity index (χ3v) is 8.20. The molecule has 0 atom stereocenters. The Morgan fingerprint density at radius 2 is 0.909 bits per heavy atom. The normalized spacial score (nSPS) is 11.1. The smallest absolute Gasteiger partial charge is 0.135 e. The summed E-state index contributed by atoms with van der Waals surface area (Å²) in [5, 5.41) is 32.7. The molecule has 0 spiro atoms. The first-order valence-electron chi connectivity index (χ1n) is 14.0. The minimum Gasteiger partial charge on any atom is -0.456 e. The number of rotatable bonds is 3. The van der Waals surface area contributed by atoms with Gasteiger partial charge in [0.1, 0.15) is 22.3 Å².